The van der Waals surface area contributed by atoms with E-state index in [1.165, 1.54) is 27.4 Å². The molecule has 1 amide bonds. The van der Waals surface area contributed by atoms with Crippen LogP contribution in [0.5, 0.6) is 17.2 Å². The summed E-state index contributed by atoms with van der Waals surface area (Å²) >= 11 is 3.38. The molecule has 0 spiro atoms. The lowest BCUT2D eigenvalue weighted by molar-refractivity contribution is -0.120. The molecule has 3 rings (SSSR count). The predicted molar refractivity (Wildman–Crippen MR) is 99.8 cm³/mol. The van der Waals surface area contributed by atoms with Crippen LogP contribution in [0.3, 0.4) is 0 Å². The molecule has 0 aliphatic carbocycles. The van der Waals surface area contributed by atoms with Gasteiger partial charge in [0.15, 0.2) is 11.5 Å². The third kappa shape index (κ3) is 2.90. The number of anilines is 1. The number of carbonyl (C=O) groups excluding carboxylic acids is 1. The molecule has 0 saturated carbocycles. The van der Waals surface area contributed by atoms with Crippen LogP contribution in [-0.4, -0.2) is 27.2 Å². The molecule has 2 aromatic rings. The fraction of sp³-hybridized carbons (Fsp3) is 0.316. The maximum Gasteiger partial charge on any atom is 0.228 e. The highest BCUT2D eigenvalue weighted by atomic mass is 79.9. The highest BCUT2D eigenvalue weighted by Crippen LogP contribution is 2.53. The van der Waals surface area contributed by atoms with Crippen molar-refractivity contribution in [2.75, 3.05) is 26.6 Å². The molecule has 0 radical (unpaired) electrons. The Labute approximate surface area is 159 Å². The molecule has 1 aliphatic heterocycles. The molecule has 0 aromatic heterocycles. The van der Waals surface area contributed by atoms with Gasteiger partial charge in [0.05, 0.1) is 27.0 Å². The third-order valence-electron chi connectivity index (χ3n) is 4.64. The summed E-state index contributed by atoms with van der Waals surface area (Å²) in [6.45, 7) is 1.76. The van der Waals surface area contributed by atoms with Crippen molar-refractivity contribution in [2.45, 2.75) is 12.8 Å². The molecule has 2 unspecified atom stereocenters. The summed E-state index contributed by atoms with van der Waals surface area (Å²) in [5.74, 6) is -0.384. The van der Waals surface area contributed by atoms with Gasteiger partial charge in [0.2, 0.25) is 11.7 Å². The molecule has 2 aromatic carbocycles. The van der Waals surface area contributed by atoms with E-state index in [9.17, 15) is 9.18 Å². The van der Waals surface area contributed by atoms with E-state index in [0.717, 1.165) is 4.47 Å². The minimum absolute atomic E-state index is 0.198. The number of ether oxygens (including phenoxy) is 3. The van der Waals surface area contributed by atoms with E-state index in [0.29, 0.717) is 34.1 Å². The maximum atomic E-state index is 14.7. The van der Waals surface area contributed by atoms with Crippen LogP contribution >= 0.6 is 15.9 Å². The molecule has 138 valence electrons. The Kier molecular flexibility index (Phi) is 5.09. The Bertz CT molecular complexity index is 871. The van der Waals surface area contributed by atoms with Crippen LogP contribution in [0.15, 0.2) is 28.7 Å². The predicted octanol–water partition coefficient (Wildman–Crippen LogP) is 4.33. The van der Waals surface area contributed by atoms with Gasteiger partial charge in [0.25, 0.3) is 0 Å². The summed E-state index contributed by atoms with van der Waals surface area (Å²) in [6.07, 6.45) is 0. The van der Waals surface area contributed by atoms with Crippen LogP contribution in [0.1, 0.15) is 24.0 Å². The van der Waals surface area contributed by atoms with Gasteiger partial charge in [-0.3, -0.25) is 4.79 Å². The lowest BCUT2D eigenvalue weighted by Crippen LogP contribution is -2.33. The minimum Gasteiger partial charge on any atom is -0.493 e. The Morgan fingerprint density at radius 3 is 2.38 bits per heavy atom. The summed E-state index contributed by atoms with van der Waals surface area (Å²) in [6, 6.07) is 6.36. The number of rotatable bonds is 4. The fourth-order valence-electron chi connectivity index (χ4n) is 3.42. The zero-order chi connectivity index (χ0) is 19.0. The first-order valence-corrected chi connectivity index (χ1v) is 8.80. The first-order chi connectivity index (χ1) is 12.4. The number of carbonyl (C=O) groups is 1. The molecule has 0 fully saturated rings. The Morgan fingerprint density at radius 2 is 1.77 bits per heavy atom. The van der Waals surface area contributed by atoms with E-state index in [1.54, 1.807) is 25.1 Å². The van der Waals surface area contributed by atoms with Crippen LogP contribution in [0.4, 0.5) is 10.1 Å². The average Bonchev–Trinajstić information content (AvgIpc) is 2.63. The van der Waals surface area contributed by atoms with Crippen molar-refractivity contribution in [1.29, 1.82) is 0 Å². The molecule has 26 heavy (non-hydrogen) atoms. The number of hydrogen-bond donors (Lipinski definition) is 1. The first-order valence-electron chi connectivity index (χ1n) is 8.01. The van der Waals surface area contributed by atoms with Crippen LogP contribution in [0.2, 0.25) is 0 Å². The van der Waals surface area contributed by atoms with Gasteiger partial charge in [0.1, 0.15) is 5.82 Å². The number of hydrogen-bond acceptors (Lipinski definition) is 4. The highest BCUT2D eigenvalue weighted by molar-refractivity contribution is 9.10. The SMILES string of the molecule is COc1cc2c(c(OC)c1OC)C(c1cc(Br)ccc1F)C(C)C(=O)N2. The van der Waals surface area contributed by atoms with Crippen molar-refractivity contribution in [1.82, 2.24) is 0 Å². The van der Waals surface area contributed by atoms with Gasteiger partial charge in [-0.1, -0.05) is 22.9 Å². The van der Waals surface area contributed by atoms with Gasteiger partial charge >= 0.3 is 0 Å². The smallest absolute Gasteiger partial charge is 0.228 e. The molecular weight excluding hydrogens is 405 g/mol. The van der Waals surface area contributed by atoms with Gasteiger partial charge in [0, 0.05) is 27.9 Å². The van der Waals surface area contributed by atoms with Crippen molar-refractivity contribution < 1.29 is 23.4 Å². The summed E-state index contributed by atoms with van der Waals surface area (Å²) in [7, 11) is 4.52. The molecule has 5 nitrogen and oxygen atoms in total. The van der Waals surface area contributed by atoms with Crippen molar-refractivity contribution in [3.8, 4) is 17.2 Å². The van der Waals surface area contributed by atoms with Crippen LogP contribution in [0.25, 0.3) is 0 Å². The second kappa shape index (κ2) is 7.15. The first kappa shape index (κ1) is 18.5. The summed E-state index contributed by atoms with van der Waals surface area (Å²) in [5, 5.41) is 2.86. The molecular formula is C19H19BrFNO4. The summed E-state index contributed by atoms with van der Waals surface area (Å²) < 4.78 is 31.8. The van der Waals surface area contributed by atoms with Gasteiger partial charge in [-0.2, -0.15) is 0 Å². The zero-order valence-electron chi connectivity index (χ0n) is 14.9. The molecule has 1 aliphatic rings. The minimum atomic E-state index is -0.536. The van der Waals surface area contributed by atoms with Crippen molar-refractivity contribution in [2.24, 2.45) is 5.92 Å². The topological polar surface area (TPSA) is 56.8 Å². The molecule has 0 saturated heterocycles. The summed E-state index contributed by atoms with van der Waals surface area (Å²) in [5.41, 5.74) is 1.59. The summed E-state index contributed by atoms with van der Waals surface area (Å²) in [4.78, 5) is 12.5. The maximum absolute atomic E-state index is 14.7. The van der Waals surface area contributed by atoms with E-state index in [-0.39, 0.29) is 11.7 Å². The molecule has 1 heterocycles. The second-order valence-corrected chi connectivity index (χ2v) is 6.94. The van der Waals surface area contributed by atoms with Crippen LogP contribution in [0, 0.1) is 11.7 Å². The van der Waals surface area contributed by atoms with Gasteiger partial charge in [-0.05, 0) is 23.8 Å². The largest absolute Gasteiger partial charge is 0.493 e. The molecule has 1 N–H and O–H groups in total. The van der Waals surface area contributed by atoms with Gasteiger partial charge in [-0.15, -0.1) is 0 Å². The van der Waals surface area contributed by atoms with Crippen molar-refractivity contribution >= 4 is 27.5 Å². The lowest BCUT2D eigenvalue weighted by atomic mass is 9.77. The van der Waals surface area contributed by atoms with Crippen molar-refractivity contribution in [3.63, 3.8) is 0 Å². The van der Waals surface area contributed by atoms with Gasteiger partial charge < -0.3 is 19.5 Å². The van der Waals surface area contributed by atoms with E-state index >= 15 is 0 Å². The Morgan fingerprint density at radius 1 is 1.08 bits per heavy atom. The van der Waals surface area contributed by atoms with Crippen molar-refractivity contribution in [3.05, 3.63) is 45.7 Å². The van der Waals surface area contributed by atoms with Crippen LogP contribution in [-0.2, 0) is 4.79 Å². The number of methoxy groups -OCH3 is 3. The Balaban J connectivity index is 2.35. The van der Waals surface area contributed by atoms with E-state index in [2.05, 4.69) is 21.2 Å². The third-order valence-corrected chi connectivity index (χ3v) is 5.14. The second-order valence-electron chi connectivity index (χ2n) is 6.03. The average molecular weight is 424 g/mol. The number of amides is 1. The van der Waals surface area contributed by atoms with Gasteiger partial charge in [-0.25, -0.2) is 4.39 Å². The van der Waals surface area contributed by atoms with Crippen LogP contribution < -0.4 is 19.5 Å². The zero-order valence-corrected chi connectivity index (χ0v) is 16.4. The Hall–Kier alpha value is -2.28. The lowest BCUT2D eigenvalue weighted by Gasteiger charge is -2.33. The van der Waals surface area contributed by atoms with E-state index < -0.39 is 11.8 Å². The number of nitrogens with one attached hydrogen (secondary N) is 1. The molecule has 2 atom stereocenters. The number of benzene rings is 2. The molecule has 7 heteroatoms. The monoisotopic (exact) mass is 423 g/mol. The highest BCUT2D eigenvalue weighted by Gasteiger charge is 2.39. The normalized spacial score (nSPS) is 18.8. The fourth-order valence-corrected chi connectivity index (χ4v) is 3.80. The molecule has 0 bridgehead atoms. The van der Waals surface area contributed by atoms with E-state index in [4.69, 9.17) is 14.2 Å². The quantitative estimate of drug-likeness (QED) is 0.794. The number of fused-ring (bicyclic) bond motifs is 1. The van der Waals surface area contributed by atoms with E-state index in [1.807, 2.05) is 0 Å². The standard InChI is InChI=1S/C19H19BrFNO4/c1-9-15(11-7-10(20)5-6-12(11)21)16-13(22-19(9)23)8-14(24-2)17(25-3)18(16)26-4/h5-9,15H,1-4H3,(H,22,23). The number of halogens is 2.